The Morgan fingerprint density at radius 3 is 2.08 bits per heavy atom. The monoisotopic (exact) mass is 403 g/mol. The number of benzene rings is 2. The van der Waals surface area contributed by atoms with E-state index in [2.05, 4.69) is 0 Å². The van der Waals surface area contributed by atoms with Gasteiger partial charge in [0, 0.05) is 15.6 Å². The van der Waals surface area contributed by atoms with Crippen LogP contribution in [0.2, 0.25) is 15.1 Å². The number of carbonyl (C=O) groups excluding carboxylic acids is 1. The van der Waals surface area contributed by atoms with Crippen molar-refractivity contribution in [1.82, 2.24) is 0 Å². The molecule has 0 radical (unpaired) electrons. The molecule has 25 heavy (non-hydrogen) atoms. The van der Waals surface area contributed by atoms with E-state index in [9.17, 15) is 18.0 Å². The average Bonchev–Trinajstić information content (AvgIpc) is 2.50. The Hall–Kier alpha value is -2.00. The van der Waals surface area contributed by atoms with Crippen molar-refractivity contribution in [2.75, 3.05) is 0 Å². The van der Waals surface area contributed by atoms with E-state index in [4.69, 9.17) is 40.1 Å². The van der Waals surface area contributed by atoms with E-state index in [-0.39, 0.29) is 31.8 Å². The molecule has 0 heterocycles. The molecule has 0 amide bonds. The Morgan fingerprint density at radius 1 is 1.00 bits per heavy atom. The molecule has 2 aromatic rings. The van der Waals surface area contributed by atoms with E-state index >= 15 is 0 Å². The summed E-state index contributed by atoms with van der Waals surface area (Å²) in [5.41, 5.74) is -1.50. The van der Waals surface area contributed by atoms with Crippen LogP contribution in [0.1, 0.15) is 21.5 Å². The summed E-state index contributed by atoms with van der Waals surface area (Å²) in [5.74, 6) is -0.921. The van der Waals surface area contributed by atoms with Crippen molar-refractivity contribution in [2.24, 2.45) is 0 Å². The zero-order valence-corrected chi connectivity index (χ0v) is 14.4. The Labute approximate surface area is 156 Å². The van der Waals surface area contributed by atoms with Gasteiger partial charge in [-0.2, -0.15) is 18.4 Å². The number of nitriles is 1. The maximum absolute atomic E-state index is 13.4. The zero-order valence-electron chi connectivity index (χ0n) is 12.2. The van der Waals surface area contributed by atoms with E-state index in [1.165, 1.54) is 18.2 Å². The third-order valence-electron chi connectivity index (χ3n) is 3.13. The summed E-state index contributed by atoms with van der Waals surface area (Å²) in [4.78, 5) is 12.2. The quantitative estimate of drug-likeness (QED) is 0.442. The summed E-state index contributed by atoms with van der Waals surface area (Å²) in [7, 11) is 0. The van der Waals surface area contributed by atoms with Crippen LogP contribution in [-0.2, 0) is 0 Å². The standard InChI is InChI=1S/C17H7Cl3F3NO/c18-12-3-11(4-13(19)6-12)14(17(21,22)23)7-16(25)9-1-2-10(8-24)15(20)5-9/h1-7H/b14-7+. The smallest absolute Gasteiger partial charge is 0.289 e. The normalized spacial score (nSPS) is 12.0. The maximum atomic E-state index is 13.4. The van der Waals surface area contributed by atoms with Crippen molar-refractivity contribution in [3.63, 3.8) is 0 Å². The highest BCUT2D eigenvalue weighted by Gasteiger charge is 2.35. The first-order valence-electron chi connectivity index (χ1n) is 6.61. The molecule has 2 nitrogen and oxygen atoms in total. The molecular formula is C17H7Cl3F3NO. The van der Waals surface area contributed by atoms with Crippen LogP contribution in [0.5, 0.6) is 0 Å². The number of hydrogen-bond acceptors (Lipinski definition) is 2. The van der Waals surface area contributed by atoms with Gasteiger partial charge in [-0.3, -0.25) is 4.79 Å². The lowest BCUT2D eigenvalue weighted by atomic mass is 10.0. The highest BCUT2D eigenvalue weighted by atomic mass is 35.5. The molecule has 0 unspecified atom stereocenters. The first-order valence-corrected chi connectivity index (χ1v) is 7.74. The fourth-order valence-corrected chi connectivity index (χ4v) is 2.76. The minimum atomic E-state index is -4.81. The summed E-state index contributed by atoms with van der Waals surface area (Å²) >= 11 is 17.3. The number of carbonyl (C=O) groups is 1. The van der Waals surface area contributed by atoms with Crippen molar-refractivity contribution in [1.29, 1.82) is 5.26 Å². The Bertz CT molecular complexity index is 894. The van der Waals surface area contributed by atoms with Gasteiger partial charge in [0.1, 0.15) is 6.07 Å². The molecule has 0 spiro atoms. The zero-order chi connectivity index (χ0) is 18.8. The highest BCUT2D eigenvalue weighted by Crippen LogP contribution is 2.36. The van der Waals surface area contributed by atoms with Gasteiger partial charge in [-0.1, -0.05) is 34.8 Å². The van der Waals surface area contributed by atoms with Crippen LogP contribution in [0, 0.1) is 11.3 Å². The van der Waals surface area contributed by atoms with Gasteiger partial charge in [0.15, 0.2) is 5.78 Å². The third kappa shape index (κ3) is 4.76. The number of hydrogen-bond donors (Lipinski definition) is 0. The van der Waals surface area contributed by atoms with E-state index < -0.39 is 17.5 Å². The minimum Gasteiger partial charge on any atom is -0.289 e. The van der Waals surface area contributed by atoms with Gasteiger partial charge < -0.3 is 0 Å². The predicted octanol–water partition coefficient (Wildman–Crippen LogP) is 6.35. The molecule has 0 N–H and O–H groups in total. The van der Waals surface area contributed by atoms with Gasteiger partial charge >= 0.3 is 6.18 Å². The third-order valence-corrected chi connectivity index (χ3v) is 3.88. The lowest BCUT2D eigenvalue weighted by Gasteiger charge is -2.13. The minimum absolute atomic E-state index is 0.00603. The van der Waals surface area contributed by atoms with Crippen molar-refractivity contribution < 1.29 is 18.0 Å². The van der Waals surface area contributed by atoms with Gasteiger partial charge in [0.05, 0.1) is 16.2 Å². The van der Waals surface area contributed by atoms with Crippen LogP contribution in [0.4, 0.5) is 13.2 Å². The summed E-state index contributed by atoms with van der Waals surface area (Å²) in [5, 5.41) is 8.78. The number of alkyl halides is 3. The topological polar surface area (TPSA) is 40.9 Å². The summed E-state index contributed by atoms with van der Waals surface area (Å²) in [6.07, 6.45) is -4.36. The second kappa shape index (κ2) is 7.49. The molecule has 8 heteroatoms. The first kappa shape index (κ1) is 19.3. The molecule has 0 saturated carbocycles. The molecule has 128 valence electrons. The number of nitrogens with zero attached hydrogens (tertiary/aromatic N) is 1. The lowest BCUT2D eigenvalue weighted by Crippen LogP contribution is -2.13. The molecule has 0 aromatic heterocycles. The number of halogens is 6. The second-order valence-corrected chi connectivity index (χ2v) is 6.16. The number of rotatable bonds is 3. The number of allylic oxidation sites excluding steroid dienone is 2. The van der Waals surface area contributed by atoms with E-state index in [0.717, 1.165) is 18.2 Å². The van der Waals surface area contributed by atoms with Crippen LogP contribution in [-0.4, -0.2) is 12.0 Å². The van der Waals surface area contributed by atoms with Crippen molar-refractivity contribution in [3.8, 4) is 6.07 Å². The molecule has 0 aliphatic heterocycles. The van der Waals surface area contributed by atoms with E-state index in [1.54, 1.807) is 6.07 Å². The van der Waals surface area contributed by atoms with Crippen molar-refractivity contribution in [2.45, 2.75) is 6.18 Å². The molecule has 0 saturated heterocycles. The summed E-state index contributed by atoms with van der Waals surface area (Å²) in [6, 6.07) is 8.82. The largest absolute Gasteiger partial charge is 0.417 e. The van der Waals surface area contributed by atoms with Gasteiger partial charge in [0.25, 0.3) is 0 Å². The SMILES string of the molecule is N#Cc1ccc(C(=O)/C=C(\c2cc(Cl)cc(Cl)c2)C(F)(F)F)cc1Cl. The first-order chi connectivity index (χ1) is 11.6. The van der Waals surface area contributed by atoms with Gasteiger partial charge in [-0.05, 0) is 48.0 Å². The molecule has 0 fully saturated rings. The van der Waals surface area contributed by atoms with Crippen molar-refractivity contribution >= 4 is 46.2 Å². The fraction of sp³-hybridized carbons (Fsp3) is 0.0588. The molecular weight excluding hydrogens is 398 g/mol. The van der Waals surface area contributed by atoms with Crippen LogP contribution in [0.25, 0.3) is 5.57 Å². The molecule has 0 aliphatic carbocycles. The average molecular weight is 405 g/mol. The highest BCUT2D eigenvalue weighted by molar-refractivity contribution is 6.35. The predicted molar refractivity (Wildman–Crippen MR) is 91.0 cm³/mol. The molecule has 2 rings (SSSR count). The van der Waals surface area contributed by atoms with Gasteiger partial charge in [-0.15, -0.1) is 0 Å². The van der Waals surface area contributed by atoms with Crippen LogP contribution >= 0.6 is 34.8 Å². The fourth-order valence-electron chi connectivity index (χ4n) is 2.01. The Morgan fingerprint density at radius 2 is 1.60 bits per heavy atom. The van der Waals surface area contributed by atoms with E-state index in [1.807, 2.05) is 0 Å². The molecule has 0 atom stereocenters. The van der Waals surface area contributed by atoms with Crippen molar-refractivity contribution in [3.05, 3.63) is 74.2 Å². The van der Waals surface area contributed by atoms with Crippen LogP contribution < -0.4 is 0 Å². The Kier molecular flexibility index (Phi) is 5.79. The van der Waals surface area contributed by atoms with E-state index in [0.29, 0.717) is 6.08 Å². The van der Waals surface area contributed by atoms with Crippen LogP contribution in [0.15, 0.2) is 42.5 Å². The van der Waals surface area contributed by atoms with Gasteiger partial charge in [0.2, 0.25) is 0 Å². The molecule has 2 aromatic carbocycles. The lowest BCUT2D eigenvalue weighted by molar-refractivity contribution is -0.0689. The van der Waals surface area contributed by atoms with Gasteiger partial charge in [-0.25, -0.2) is 0 Å². The Balaban J connectivity index is 2.53. The molecule has 0 bridgehead atoms. The maximum Gasteiger partial charge on any atom is 0.417 e. The van der Waals surface area contributed by atoms with Crippen LogP contribution in [0.3, 0.4) is 0 Å². The summed E-state index contributed by atoms with van der Waals surface area (Å²) in [6.45, 7) is 0. The number of ketones is 1. The summed E-state index contributed by atoms with van der Waals surface area (Å²) < 4.78 is 40.1. The molecule has 0 aliphatic rings. The second-order valence-electron chi connectivity index (χ2n) is 4.88.